The molecule has 0 aliphatic heterocycles. The van der Waals surface area contributed by atoms with Gasteiger partial charge in [-0.1, -0.05) is 26.0 Å². The maximum Gasteiger partial charge on any atom is 0.340 e. The van der Waals surface area contributed by atoms with Crippen molar-refractivity contribution in [1.29, 1.82) is 0 Å². The van der Waals surface area contributed by atoms with Crippen LogP contribution < -0.4 is 10.6 Å². The molecule has 0 fully saturated rings. The number of ether oxygens (including phenoxy) is 1. The first-order valence-electron chi connectivity index (χ1n) is 9.07. The molecule has 144 valence electrons. The number of esters is 1. The highest BCUT2D eigenvalue weighted by atomic mass is 16.5. The van der Waals surface area contributed by atoms with Gasteiger partial charge >= 0.3 is 5.97 Å². The van der Waals surface area contributed by atoms with E-state index in [0.717, 1.165) is 6.42 Å². The average molecular weight is 370 g/mol. The first-order valence-corrected chi connectivity index (χ1v) is 9.07. The maximum absolute atomic E-state index is 12.3. The third kappa shape index (κ3) is 6.06. The lowest BCUT2D eigenvalue weighted by Crippen LogP contribution is -2.26. The van der Waals surface area contributed by atoms with Crippen LogP contribution in [0, 0.1) is 12.8 Å². The van der Waals surface area contributed by atoms with Crippen LogP contribution >= 0.6 is 0 Å². The van der Waals surface area contributed by atoms with Crippen molar-refractivity contribution in [2.45, 2.75) is 34.1 Å². The fraction of sp³-hybridized carbons (Fsp3) is 0.400. The minimum Gasteiger partial charge on any atom is -0.462 e. The minimum atomic E-state index is -0.431. The smallest absolute Gasteiger partial charge is 0.340 e. The number of carbonyl (C=O) groups is 2. The summed E-state index contributed by atoms with van der Waals surface area (Å²) in [6, 6.07) is 8.58. The molecule has 1 amide bonds. The van der Waals surface area contributed by atoms with Crippen molar-refractivity contribution in [3.63, 3.8) is 0 Å². The lowest BCUT2D eigenvalue weighted by atomic mass is 10.1. The second kappa shape index (κ2) is 9.66. The largest absolute Gasteiger partial charge is 0.462 e. The summed E-state index contributed by atoms with van der Waals surface area (Å²) in [5.74, 6) is 0.0811. The predicted molar refractivity (Wildman–Crippen MR) is 104 cm³/mol. The number of amides is 1. The number of aryl methyl sites for hydroxylation is 1. The molecule has 0 atom stereocenters. The summed E-state index contributed by atoms with van der Waals surface area (Å²) < 4.78 is 5.07. The Kier molecular flexibility index (Phi) is 7.28. The molecule has 0 aliphatic rings. The van der Waals surface area contributed by atoms with Gasteiger partial charge in [0, 0.05) is 12.2 Å². The molecular formula is C20H26N4O3. The second-order valence-corrected chi connectivity index (χ2v) is 6.55. The van der Waals surface area contributed by atoms with Crippen molar-refractivity contribution in [2.75, 3.05) is 18.5 Å². The number of anilines is 2. The van der Waals surface area contributed by atoms with Gasteiger partial charge in [-0.15, -0.1) is 0 Å². The fourth-order valence-electron chi connectivity index (χ4n) is 2.41. The van der Waals surface area contributed by atoms with Crippen molar-refractivity contribution in [3.8, 4) is 0 Å². The van der Waals surface area contributed by atoms with E-state index in [1.165, 1.54) is 0 Å². The highest BCUT2D eigenvalue weighted by Crippen LogP contribution is 2.20. The SMILES string of the molecule is CCOC(=O)c1ccccc1Nc1nc(C)cc(C(=O)NCCC(C)C)n1. The number of aromatic nitrogens is 2. The Labute approximate surface area is 159 Å². The summed E-state index contributed by atoms with van der Waals surface area (Å²) in [7, 11) is 0. The Morgan fingerprint density at radius 3 is 2.63 bits per heavy atom. The van der Waals surface area contributed by atoms with E-state index in [2.05, 4.69) is 34.4 Å². The standard InChI is InChI=1S/C20H26N4O3/c1-5-27-19(26)15-8-6-7-9-16(15)23-20-22-14(4)12-17(24-20)18(25)21-11-10-13(2)3/h6-9,12-13H,5,10-11H2,1-4H3,(H,21,25)(H,22,23,24). The summed E-state index contributed by atoms with van der Waals surface area (Å²) in [5.41, 5.74) is 1.83. The van der Waals surface area contributed by atoms with Crippen molar-refractivity contribution >= 4 is 23.5 Å². The monoisotopic (exact) mass is 370 g/mol. The van der Waals surface area contributed by atoms with Gasteiger partial charge < -0.3 is 15.4 Å². The van der Waals surface area contributed by atoms with Crippen LogP contribution in [0.3, 0.4) is 0 Å². The molecule has 7 nitrogen and oxygen atoms in total. The van der Waals surface area contributed by atoms with E-state index < -0.39 is 5.97 Å². The van der Waals surface area contributed by atoms with E-state index in [1.54, 1.807) is 44.2 Å². The summed E-state index contributed by atoms with van der Waals surface area (Å²) in [6.07, 6.45) is 0.897. The number of nitrogens with zero attached hydrogens (tertiary/aromatic N) is 2. The molecule has 2 aromatic rings. The number of carbonyl (C=O) groups excluding carboxylic acids is 2. The summed E-state index contributed by atoms with van der Waals surface area (Å²) in [5, 5.41) is 5.88. The van der Waals surface area contributed by atoms with Crippen LogP contribution in [-0.2, 0) is 4.74 Å². The molecule has 0 bridgehead atoms. The van der Waals surface area contributed by atoms with Crippen LogP contribution in [-0.4, -0.2) is 35.0 Å². The lowest BCUT2D eigenvalue weighted by Gasteiger charge is -2.12. The van der Waals surface area contributed by atoms with E-state index in [1.807, 2.05) is 0 Å². The molecule has 7 heteroatoms. The Morgan fingerprint density at radius 2 is 1.93 bits per heavy atom. The maximum atomic E-state index is 12.3. The van der Waals surface area contributed by atoms with Gasteiger partial charge in [0.1, 0.15) is 5.69 Å². The zero-order valence-electron chi connectivity index (χ0n) is 16.2. The van der Waals surface area contributed by atoms with Gasteiger partial charge in [0.2, 0.25) is 5.95 Å². The number of nitrogens with one attached hydrogen (secondary N) is 2. The van der Waals surface area contributed by atoms with Crippen LogP contribution in [0.5, 0.6) is 0 Å². The van der Waals surface area contributed by atoms with E-state index in [4.69, 9.17) is 4.74 Å². The molecule has 0 spiro atoms. The number of hydrogen-bond acceptors (Lipinski definition) is 6. The summed E-state index contributed by atoms with van der Waals surface area (Å²) in [6.45, 7) is 8.62. The average Bonchev–Trinajstić information content (AvgIpc) is 2.61. The third-order valence-corrected chi connectivity index (χ3v) is 3.76. The third-order valence-electron chi connectivity index (χ3n) is 3.76. The van der Waals surface area contributed by atoms with Gasteiger partial charge in [-0.25, -0.2) is 14.8 Å². The Balaban J connectivity index is 2.20. The van der Waals surface area contributed by atoms with E-state index in [0.29, 0.717) is 29.4 Å². The fourth-order valence-corrected chi connectivity index (χ4v) is 2.41. The highest BCUT2D eigenvalue weighted by Gasteiger charge is 2.15. The molecule has 0 saturated carbocycles. The number of para-hydroxylation sites is 1. The quantitative estimate of drug-likeness (QED) is 0.691. The molecule has 1 aromatic heterocycles. The van der Waals surface area contributed by atoms with Crippen LogP contribution in [0.2, 0.25) is 0 Å². The van der Waals surface area contributed by atoms with Gasteiger partial charge in [-0.2, -0.15) is 0 Å². The van der Waals surface area contributed by atoms with Gasteiger partial charge in [0.25, 0.3) is 5.91 Å². The van der Waals surface area contributed by atoms with Gasteiger partial charge in [0.05, 0.1) is 17.9 Å². The molecule has 0 unspecified atom stereocenters. The topological polar surface area (TPSA) is 93.2 Å². The molecule has 1 aromatic carbocycles. The number of hydrogen-bond donors (Lipinski definition) is 2. The molecular weight excluding hydrogens is 344 g/mol. The van der Waals surface area contributed by atoms with Crippen LogP contribution in [0.4, 0.5) is 11.6 Å². The molecule has 0 saturated heterocycles. The first-order chi connectivity index (χ1) is 12.9. The molecule has 0 aliphatic carbocycles. The summed E-state index contributed by atoms with van der Waals surface area (Å²) in [4.78, 5) is 33.0. The normalized spacial score (nSPS) is 10.6. The van der Waals surface area contributed by atoms with Gasteiger partial charge in [0.15, 0.2) is 0 Å². The highest BCUT2D eigenvalue weighted by molar-refractivity contribution is 5.96. The molecule has 1 heterocycles. The van der Waals surface area contributed by atoms with Crippen molar-refractivity contribution in [3.05, 3.63) is 47.3 Å². The minimum absolute atomic E-state index is 0.247. The van der Waals surface area contributed by atoms with Crippen LogP contribution in [0.15, 0.2) is 30.3 Å². The summed E-state index contributed by atoms with van der Waals surface area (Å²) >= 11 is 0. The van der Waals surface area contributed by atoms with Crippen LogP contribution in [0.1, 0.15) is 53.7 Å². The van der Waals surface area contributed by atoms with E-state index in [9.17, 15) is 9.59 Å². The van der Waals surface area contributed by atoms with Gasteiger partial charge in [-0.05, 0) is 44.4 Å². The Morgan fingerprint density at radius 1 is 1.19 bits per heavy atom. The van der Waals surface area contributed by atoms with E-state index >= 15 is 0 Å². The molecule has 0 radical (unpaired) electrons. The van der Waals surface area contributed by atoms with Crippen molar-refractivity contribution in [1.82, 2.24) is 15.3 Å². The molecule has 27 heavy (non-hydrogen) atoms. The van der Waals surface area contributed by atoms with Crippen molar-refractivity contribution < 1.29 is 14.3 Å². The molecule has 2 rings (SSSR count). The number of benzene rings is 1. The second-order valence-electron chi connectivity index (χ2n) is 6.55. The zero-order valence-corrected chi connectivity index (χ0v) is 16.2. The lowest BCUT2D eigenvalue weighted by molar-refractivity contribution is 0.0527. The van der Waals surface area contributed by atoms with Crippen LogP contribution in [0.25, 0.3) is 0 Å². The van der Waals surface area contributed by atoms with Crippen molar-refractivity contribution in [2.24, 2.45) is 5.92 Å². The Hall–Kier alpha value is -2.96. The van der Waals surface area contributed by atoms with Gasteiger partial charge in [-0.3, -0.25) is 4.79 Å². The molecule has 2 N–H and O–H groups in total. The number of rotatable bonds is 8. The Bertz CT molecular complexity index is 806. The first kappa shape index (κ1) is 20.4. The van der Waals surface area contributed by atoms with E-state index in [-0.39, 0.29) is 24.2 Å². The predicted octanol–water partition coefficient (Wildman–Crippen LogP) is 3.48. The zero-order chi connectivity index (χ0) is 19.8.